The molecule has 1 saturated heterocycles. The molecule has 0 aliphatic carbocycles. The maximum absolute atomic E-state index is 13.2. The Morgan fingerprint density at radius 3 is 2.43 bits per heavy atom. The lowest BCUT2D eigenvalue weighted by atomic mass is 10.1. The molecular formula is C22H28ClN3O3S. The van der Waals surface area contributed by atoms with Crippen LogP contribution in [0.1, 0.15) is 33.5 Å². The third-order valence-corrected chi connectivity index (χ3v) is 7.41. The van der Waals surface area contributed by atoms with Crippen molar-refractivity contribution in [1.82, 2.24) is 14.5 Å². The SMILES string of the molecule is CNS(=O)(=O)c1cc(C(=O)N2CCCN(Cc3ccc(Cl)cc3)CC2)cc(C)c1C. The highest BCUT2D eigenvalue weighted by molar-refractivity contribution is 7.89. The molecule has 1 aliphatic rings. The van der Waals surface area contributed by atoms with Gasteiger partial charge in [0.25, 0.3) is 5.91 Å². The van der Waals surface area contributed by atoms with Crippen molar-refractivity contribution >= 4 is 27.5 Å². The van der Waals surface area contributed by atoms with Crippen molar-refractivity contribution in [1.29, 1.82) is 0 Å². The number of nitrogens with one attached hydrogen (secondary N) is 1. The van der Waals surface area contributed by atoms with Crippen molar-refractivity contribution in [3.63, 3.8) is 0 Å². The minimum absolute atomic E-state index is 0.126. The summed E-state index contributed by atoms with van der Waals surface area (Å²) in [5.41, 5.74) is 3.05. The number of carbonyl (C=O) groups excluding carboxylic acids is 1. The van der Waals surface area contributed by atoms with E-state index in [1.165, 1.54) is 18.7 Å². The molecular weight excluding hydrogens is 422 g/mol. The average Bonchev–Trinajstić information content (AvgIpc) is 2.96. The van der Waals surface area contributed by atoms with Gasteiger partial charge in [0, 0.05) is 43.3 Å². The van der Waals surface area contributed by atoms with E-state index < -0.39 is 10.0 Å². The van der Waals surface area contributed by atoms with E-state index in [-0.39, 0.29) is 10.8 Å². The second kappa shape index (κ2) is 9.47. The first kappa shape index (κ1) is 22.7. The first-order valence-electron chi connectivity index (χ1n) is 10.0. The van der Waals surface area contributed by atoms with Gasteiger partial charge in [-0.1, -0.05) is 23.7 Å². The number of hydrogen-bond acceptors (Lipinski definition) is 4. The fraction of sp³-hybridized carbons (Fsp3) is 0.409. The van der Waals surface area contributed by atoms with Crippen LogP contribution in [0.5, 0.6) is 0 Å². The van der Waals surface area contributed by atoms with Gasteiger partial charge in [-0.25, -0.2) is 13.1 Å². The average molecular weight is 450 g/mol. The quantitative estimate of drug-likeness (QED) is 0.760. The molecule has 1 aliphatic heterocycles. The highest BCUT2D eigenvalue weighted by Crippen LogP contribution is 2.22. The summed E-state index contributed by atoms with van der Waals surface area (Å²) >= 11 is 5.96. The monoisotopic (exact) mass is 449 g/mol. The fourth-order valence-corrected chi connectivity index (χ4v) is 4.89. The molecule has 0 spiro atoms. The van der Waals surface area contributed by atoms with Gasteiger partial charge in [-0.3, -0.25) is 9.69 Å². The minimum Gasteiger partial charge on any atom is -0.337 e. The summed E-state index contributed by atoms with van der Waals surface area (Å²) < 4.78 is 27.1. The molecule has 1 amide bonds. The zero-order valence-electron chi connectivity index (χ0n) is 17.6. The van der Waals surface area contributed by atoms with Crippen LogP contribution in [0.25, 0.3) is 0 Å². The van der Waals surface area contributed by atoms with Gasteiger partial charge in [-0.2, -0.15) is 0 Å². The Labute approximate surface area is 183 Å². The highest BCUT2D eigenvalue weighted by atomic mass is 35.5. The third kappa shape index (κ3) is 5.21. The van der Waals surface area contributed by atoms with E-state index in [1.807, 2.05) is 36.1 Å². The second-order valence-electron chi connectivity index (χ2n) is 7.67. The van der Waals surface area contributed by atoms with Gasteiger partial charge >= 0.3 is 0 Å². The van der Waals surface area contributed by atoms with Gasteiger partial charge in [-0.15, -0.1) is 0 Å². The number of nitrogens with zero attached hydrogens (tertiary/aromatic N) is 2. The minimum atomic E-state index is -3.63. The van der Waals surface area contributed by atoms with Crippen LogP contribution in [0.2, 0.25) is 5.02 Å². The van der Waals surface area contributed by atoms with Gasteiger partial charge < -0.3 is 4.90 Å². The number of rotatable bonds is 5. The fourth-order valence-electron chi connectivity index (χ4n) is 3.70. The lowest BCUT2D eigenvalue weighted by Gasteiger charge is -2.23. The predicted octanol–water partition coefficient (Wildman–Crippen LogP) is 3.21. The van der Waals surface area contributed by atoms with Crippen molar-refractivity contribution in [3.8, 4) is 0 Å². The zero-order chi connectivity index (χ0) is 21.9. The first-order chi connectivity index (χ1) is 14.2. The summed E-state index contributed by atoms with van der Waals surface area (Å²) in [6, 6.07) is 11.1. The Morgan fingerprint density at radius 2 is 1.77 bits per heavy atom. The van der Waals surface area contributed by atoms with Crippen molar-refractivity contribution < 1.29 is 13.2 Å². The van der Waals surface area contributed by atoms with Crippen LogP contribution in [0, 0.1) is 13.8 Å². The molecule has 6 nitrogen and oxygen atoms in total. The van der Waals surface area contributed by atoms with Gasteiger partial charge in [-0.05, 0) is 68.3 Å². The Balaban J connectivity index is 1.74. The van der Waals surface area contributed by atoms with E-state index in [2.05, 4.69) is 9.62 Å². The van der Waals surface area contributed by atoms with Crippen LogP contribution in [-0.4, -0.2) is 57.4 Å². The van der Waals surface area contributed by atoms with Crippen LogP contribution in [0.15, 0.2) is 41.3 Å². The lowest BCUT2D eigenvalue weighted by molar-refractivity contribution is 0.0760. The number of benzene rings is 2. The number of hydrogen-bond donors (Lipinski definition) is 1. The Hall–Kier alpha value is -1.93. The third-order valence-electron chi connectivity index (χ3n) is 5.62. The van der Waals surface area contributed by atoms with Gasteiger partial charge in [0.05, 0.1) is 4.90 Å². The van der Waals surface area contributed by atoms with Crippen LogP contribution in [-0.2, 0) is 16.6 Å². The summed E-state index contributed by atoms with van der Waals surface area (Å²) in [7, 11) is -2.25. The second-order valence-corrected chi connectivity index (χ2v) is 9.96. The molecule has 0 radical (unpaired) electrons. The van der Waals surface area contributed by atoms with Crippen molar-refractivity contribution in [3.05, 3.63) is 63.7 Å². The maximum Gasteiger partial charge on any atom is 0.253 e. The summed E-state index contributed by atoms with van der Waals surface area (Å²) in [5, 5.41) is 0.722. The van der Waals surface area contributed by atoms with Crippen LogP contribution in [0.4, 0.5) is 0 Å². The molecule has 8 heteroatoms. The van der Waals surface area contributed by atoms with Crippen LogP contribution >= 0.6 is 11.6 Å². The molecule has 0 aromatic heterocycles. The molecule has 0 bridgehead atoms. The Morgan fingerprint density at radius 1 is 1.07 bits per heavy atom. The molecule has 2 aromatic rings. The molecule has 162 valence electrons. The summed E-state index contributed by atoms with van der Waals surface area (Å²) in [6.45, 7) is 7.32. The summed E-state index contributed by atoms with van der Waals surface area (Å²) in [4.78, 5) is 17.5. The van der Waals surface area contributed by atoms with E-state index in [1.54, 1.807) is 13.0 Å². The molecule has 1 fully saturated rings. The normalized spacial score (nSPS) is 15.8. The van der Waals surface area contributed by atoms with E-state index in [4.69, 9.17) is 11.6 Å². The molecule has 0 saturated carbocycles. The molecule has 3 rings (SSSR count). The van der Waals surface area contributed by atoms with Crippen molar-refractivity contribution in [2.45, 2.75) is 31.7 Å². The summed E-state index contributed by atoms with van der Waals surface area (Å²) in [6.07, 6.45) is 0.867. The predicted molar refractivity (Wildman–Crippen MR) is 119 cm³/mol. The van der Waals surface area contributed by atoms with E-state index >= 15 is 0 Å². The molecule has 2 aromatic carbocycles. The zero-order valence-corrected chi connectivity index (χ0v) is 19.2. The van der Waals surface area contributed by atoms with E-state index in [9.17, 15) is 13.2 Å². The topological polar surface area (TPSA) is 69.7 Å². The van der Waals surface area contributed by atoms with Crippen molar-refractivity contribution in [2.24, 2.45) is 0 Å². The Bertz CT molecular complexity index is 1020. The first-order valence-corrected chi connectivity index (χ1v) is 11.9. The molecule has 0 atom stereocenters. The largest absolute Gasteiger partial charge is 0.337 e. The van der Waals surface area contributed by atoms with Gasteiger partial charge in [0.15, 0.2) is 0 Å². The number of amides is 1. The molecule has 30 heavy (non-hydrogen) atoms. The molecule has 1 N–H and O–H groups in total. The molecule has 0 unspecified atom stereocenters. The number of carbonyl (C=O) groups is 1. The smallest absolute Gasteiger partial charge is 0.253 e. The van der Waals surface area contributed by atoms with Crippen molar-refractivity contribution in [2.75, 3.05) is 33.2 Å². The standard InChI is InChI=1S/C22H28ClN3O3S/c1-16-13-19(14-21(17(16)2)30(28,29)24-3)22(27)26-10-4-9-25(11-12-26)15-18-5-7-20(23)8-6-18/h5-8,13-14,24H,4,9-12,15H2,1-3H3. The number of halogens is 1. The highest BCUT2D eigenvalue weighted by Gasteiger charge is 2.24. The Kier molecular flexibility index (Phi) is 7.18. The summed E-state index contributed by atoms with van der Waals surface area (Å²) in [5.74, 6) is -0.126. The van der Waals surface area contributed by atoms with Gasteiger partial charge in [0.1, 0.15) is 0 Å². The maximum atomic E-state index is 13.2. The van der Waals surface area contributed by atoms with Crippen LogP contribution < -0.4 is 4.72 Å². The van der Waals surface area contributed by atoms with Gasteiger partial charge in [0.2, 0.25) is 10.0 Å². The number of sulfonamides is 1. The van der Waals surface area contributed by atoms with Crippen LogP contribution in [0.3, 0.4) is 0 Å². The molecule has 1 heterocycles. The van der Waals surface area contributed by atoms with E-state index in [0.29, 0.717) is 24.2 Å². The number of aryl methyl sites for hydroxylation is 1. The van der Waals surface area contributed by atoms with E-state index in [0.717, 1.165) is 36.6 Å². The lowest BCUT2D eigenvalue weighted by Crippen LogP contribution is -2.35.